The summed E-state index contributed by atoms with van der Waals surface area (Å²) in [6.07, 6.45) is 1.81. The maximum absolute atomic E-state index is 6.17. The molecule has 140 valence electrons. The van der Waals surface area contributed by atoms with E-state index in [0.717, 1.165) is 55.2 Å². The van der Waals surface area contributed by atoms with Gasteiger partial charge in [-0.15, -0.1) is 16.4 Å². The van der Waals surface area contributed by atoms with Crippen LogP contribution in [0.2, 0.25) is 0 Å². The van der Waals surface area contributed by atoms with Crippen molar-refractivity contribution in [2.75, 3.05) is 45.5 Å². The molecule has 1 fully saturated rings. The van der Waals surface area contributed by atoms with Gasteiger partial charge in [0.2, 0.25) is 5.95 Å². The van der Waals surface area contributed by atoms with E-state index in [1.165, 1.54) is 0 Å². The molecule has 4 aromatic rings. The zero-order valence-corrected chi connectivity index (χ0v) is 15.9. The van der Waals surface area contributed by atoms with Crippen LogP contribution in [0.4, 0.5) is 5.95 Å². The molecule has 1 aliphatic heterocycles. The van der Waals surface area contributed by atoms with E-state index < -0.39 is 0 Å². The zero-order valence-electron chi connectivity index (χ0n) is 15.1. The Labute approximate surface area is 160 Å². The highest BCUT2D eigenvalue weighted by atomic mass is 32.1. The Hall–Kier alpha value is -2.56. The summed E-state index contributed by atoms with van der Waals surface area (Å²) >= 11 is 1.60. The van der Waals surface area contributed by atoms with Crippen molar-refractivity contribution < 1.29 is 0 Å². The summed E-state index contributed by atoms with van der Waals surface area (Å²) in [6, 6.07) is 3.99. The fraction of sp³-hybridized carbons (Fsp3) is 0.412. The Morgan fingerprint density at radius 2 is 1.96 bits per heavy atom. The summed E-state index contributed by atoms with van der Waals surface area (Å²) < 4.78 is 3.52. The van der Waals surface area contributed by atoms with Crippen LogP contribution >= 0.6 is 11.3 Å². The van der Waals surface area contributed by atoms with Crippen LogP contribution in [0.5, 0.6) is 0 Å². The van der Waals surface area contributed by atoms with Gasteiger partial charge in [-0.1, -0.05) is 6.07 Å². The molecule has 5 rings (SSSR count). The molecular formula is C17H21N9S. The lowest BCUT2D eigenvalue weighted by atomic mass is 10.3. The van der Waals surface area contributed by atoms with Gasteiger partial charge >= 0.3 is 0 Å². The minimum atomic E-state index is 0.328. The molecular weight excluding hydrogens is 362 g/mol. The topological polar surface area (TPSA) is 93.4 Å². The Kier molecular flexibility index (Phi) is 4.03. The second-order valence-corrected chi connectivity index (χ2v) is 7.82. The zero-order chi connectivity index (χ0) is 18.4. The number of piperazine rings is 1. The monoisotopic (exact) mass is 383 g/mol. The number of rotatable bonds is 4. The van der Waals surface area contributed by atoms with Gasteiger partial charge in [-0.3, -0.25) is 4.90 Å². The van der Waals surface area contributed by atoms with Crippen molar-refractivity contribution in [2.24, 2.45) is 0 Å². The number of aromatic nitrogens is 6. The Bertz CT molecular complexity index is 1070. The number of hydrogen-bond acceptors (Lipinski definition) is 8. The average Bonchev–Trinajstić information content (AvgIpc) is 3.40. The third-order valence-electron chi connectivity index (χ3n) is 5.06. The van der Waals surface area contributed by atoms with E-state index in [0.29, 0.717) is 17.4 Å². The van der Waals surface area contributed by atoms with Crippen molar-refractivity contribution in [2.45, 2.75) is 6.54 Å². The number of thiophene rings is 1. The van der Waals surface area contributed by atoms with Gasteiger partial charge in [-0.25, -0.2) is 9.67 Å². The standard InChI is InChI=1S/C17H21N9S/c1-23-4-6-24(7-5-23)8-9-25-15-12(11-19-25)16-20-14(13-3-2-10-27-13)22-26(16)17(18)21-15/h2-3,10-11H,4-9H2,1H3,(H2,18,21). The normalized spacial score (nSPS) is 16.6. The second kappa shape index (κ2) is 6.55. The number of nitrogens with zero attached hydrogens (tertiary/aromatic N) is 8. The van der Waals surface area contributed by atoms with Crippen LogP contribution in [-0.4, -0.2) is 78.9 Å². The minimum absolute atomic E-state index is 0.328. The van der Waals surface area contributed by atoms with Crippen LogP contribution in [0.1, 0.15) is 0 Å². The Morgan fingerprint density at radius 3 is 2.74 bits per heavy atom. The van der Waals surface area contributed by atoms with E-state index in [9.17, 15) is 0 Å². The van der Waals surface area contributed by atoms with Gasteiger partial charge in [-0.05, 0) is 18.5 Å². The van der Waals surface area contributed by atoms with Gasteiger partial charge in [0.05, 0.1) is 23.0 Å². The molecule has 0 unspecified atom stereocenters. The highest BCUT2D eigenvalue weighted by molar-refractivity contribution is 7.13. The van der Waals surface area contributed by atoms with Crippen LogP contribution < -0.4 is 5.73 Å². The first-order valence-corrected chi connectivity index (χ1v) is 9.89. The van der Waals surface area contributed by atoms with Gasteiger partial charge in [0.15, 0.2) is 17.1 Å². The van der Waals surface area contributed by atoms with Crippen molar-refractivity contribution in [3.8, 4) is 10.7 Å². The summed E-state index contributed by atoms with van der Waals surface area (Å²) in [5.41, 5.74) is 7.63. The third kappa shape index (κ3) is 2.95. The molecule has 0 radical (unpaired) electrons. The number of nitrogen functional groups attached to an aromatic ring is 1. The molecule has 0 saturated carbocycles. The van der Waals surface area contributed by atoms with Gasteiger partial charge < -0.3 is 10.6 Å². The molecule has 2 N–H and O–H groups in total. The van der Waals surface area contributed by atoms with E-state index in [1.54, 1.807) is 15.9 Å². The fourth-order valence-corrected chi connectivity index (χ4v) is 4.09. The van der Waals surface area contributed by atoms with Crippen molar-refractivity contribution in [3.05, 3.63) is 23.7 Å². The average molecular weight is 383 g/mol. The van der Waals surface area contributed by atoms with Crippen molar-refractivity contribution in [1.29, 1.82) is 0 Å². The third-order valence-corrected chi connectivity index (χ3v) is 5.93. The maximum atomic E-state index is 6.17. The smallest absolute Gasteiger partial charge is 0.225 e. The molecule has 0 aromatic carbocycles. The van der Waals surface area contributed by atoms with Crippen LogP contribution in [-0.2, 0) is 6.54 Å². The molecule has 10 heteroatoms. The molecule has 27 heavy (non-hydrogen) atoms. The van der Waals surface area contributed by atoms with Crippen molar-refractivity contribution in [3.63, 3.8) is 0 Å². The van der Waals surface area contributed by atoms with Crippen LogP contribution in [0, 0.1) is 0 Å². The summed E-state index contributed by atoms with van der Waals surface area (Å²) in [5, 5.41) is 11.9. The SMILES string of the molecule is CN1CCN(CCn2ncc3c2nc(N)n2nc(-c4cccs4)nc32)CC1. The lowest BCUT2D eigenvalue weighted by molar-refractivity contribution is 0.149. The largest absolute Gasteiger partial charge is 0.368 e. The van der Waals surface area contributed by atoms with Crippen molar-refractivity contribution >= 4 is 34.0 Å². The van der Waals surface area contributed by atoms with E-state index in [-0.39, 0.29) is 0 Å². The summed E-state index contributed by atoms with van der Waals surface area (Å²) in [6.45, 7) is 6.12. The number of nitrogens with two attached hydrogens (primary N) is 1. The number of fused-ring (bicyclic) bond motifs is 3. The second-order valence-electron chi connectivity index (χ2n) is 6.87. The first-order chi connectivity index (χ1) is 13.2. The maximum Gasteiger partial charge on any atom is 0.225 e. The van der Waals surface area contributed by atoms with E-state index in [2.05, 4.69) is 37.0 Å². The quantitative estimate of drug-likeness (QED) is 0.563. The van der Waals surface area contributed by atoms with Crippen molar-refractivity contribution in [1.82, 2.24) is 39.2 Å². The summed E-state index contributed by atoms with van der Waals surface area (Å²) in [7, 11) is 2.17. The van der Waals surface area contributed by atoms with Gasteiger partial charge in [0.1, 0.15) is 0 Å². The molecule has 0 spiro atoms. The molecule has 4 aromatic heterocycles. The molecule has 0 bridgehead atoms. The lowest BCUT2D eigenvalue weighted by Crippen LogP contribution is -2.45. The van der Waals surface area contributed by atoms with Crippen LogP contribution in [0.15, 0.2) is 23.7 Å². The van der Waals surface area contributed by atoms with E-state index in [4.69, 9.17) is 5.73 Å². The predicted molar refractivity (Wildman–Crippen MR) is 106 cm³/mol. The van der Waals surface area contributed by atoms with Gasteiger partial charge in [0, 0.05) is 32.7 Å². The highest BCUT2D eigenvalue weighted by Gasteiger charge is 2.18. The molecule has 0 amide bonds. The molecule has 1 saturated heterocycles. The Balaban J connectivity index is 1.47. The van der Waals surface area contributed by atoms with Gasteiger partial charge in [0.25, 0.3) is 0 Å². The van der Waals surface area contributed by atoms with E-state index in [1.807, 2.05) is 28.4 Å². The summed E-state index contributed by atoms with van der Waals surface area (Å²) in [4.78, 5) is 15.1. The fourth-order valence-electron chi connectivity index (χ4n) is 3.44. The van der Waals surface area contributed by atoms with E-state index >= 15 is 0 Å². The molecule has 5 heterocycles. The van der Waals surface area contributed by atoms with Crippen LogP contribution in [0.3, 0.4) is 0 Å². The van der Waals surface area contributed by atoms with Gasteiger partial charge in [-0.2, -0.15) is 14.6 Å². The first-order valence-electron chi connectivity index (χ1n) is 9.01. The van der Waals surface area contributed by atoms with Crippen LogP contribution in [0.25, 0.3) is 27.4 Å². The minimum Gasteiger partial charge on any atom is -0.368 e. The first kappa shape index (κ1) is 16.6. The molecule has 0 aliphatic carbocycles. The Morgan fingerprint density at radius 1 is 1.11 bits per heavy atom. The molecule has 9 nitrogen and oxygen atoms in total. The lowest BCUT2D eigenvalue weighted by Gasteiger charge is -2.32. The molecule has 0 atom stereocenters. The number of hydrogen-bond donors (Lipinski definition) is 1. The number of anilines is 1. The summed E-state index contributed by atoms with van der Waals surface area (Å²) in [5.74, 6) is 0.991. The molecule has 1 aliphatic rings. The predicted octanol–water partition coefficient (Wildman–Crippen LogP) is 1.03. The number of likely N-dealkylation sites (N-methyl/N-ethyl adjacent to an activating group) is 1. The highest BCUT2D eigenvalue weighted by Crippen LogP contribution is 2.25.